The molecular formula is C3H6N2O2P+. The molecule has 0 saturated heterocycles. The number of rotatable bonds is 1. The standard InChI is InChI=1S/C3H6N2O2P/c1-2(4)3(6)5-8-7/h2H,4H2,1H3/q+1/t2-/m1/s1. The van der Waals surface area contributed by atoms with E-state index in [9.17, 15) is 9.36 Å². The Morgan fingerprint density at radius 1 is 1.88 bits per heavy atom. The molecule has 0 aromatic heterocycles. The van der Waals surface area contributed by atoms with Gasteiger partial charge in [0.2, 0.25) is 0 Å². The molecule has 0 aliphatic heterocycles. The van der Waals surface area contributed by atoms with Gasteiger partial charge in [-0.2, -0.15) is 0 Å². The van der Waals surface area contributed by atoms with Gasteiger partial charge in [-0.15, -0.1) is 0 Å². The van der Waals surface area contributed by atoms with E-state index in [1.807, 2.05) is 0 Å². The van der Waals surface area contributed by atoms with E-state index in [0.29, 0.717) is 0 Å². The van der Waals surface area contributed by atoms with Crippen LogP contribution in [0, 0.1) is 0 Å². The predicted molar refractivity (Wildman–Crippen MR) is 28.7 cm³/mol. The van der Waals surface area contributed by atoms with Gasteiger partial charge in [0.05, 0.1) is 0 Å². The summed E-state index contributed by atoms with van der Waals surface area (Å²) in [5.41, 5.74) is 5.04. The summed E-state index contributed by atoms with van der Waals surface area (Å²) in [5.74, 6) is -0.540. The molecule has 0 radical (unpaired) electrons. The first-order valence-electron chi connectivity index (χ1n) is 2.01. The van der Waals surface area contributed by atoms with Crippen LogP contribution in [-0.4, -0.2) is 11.9 Å². The molecule has 0 aliphatic carbocycles. The van der Waals surface area contributed by atoms with Crippen molar-refractivity contribution >= 4 is 14.2 Å². The predicted octanol–water partition coefficient (Wildman–Crippen LogP) is 0.336. The van der Waals surface area contributed by atoms with Crippen LogP contribution in [0.15, 0.2) is 4.74 Å². The van der Waals surface area contributed by atoms with Gasteiger partial charge in [-0.3, -0.25) is 0 Å². The van der Waals surface area contributed by atoms with Gasteiger partial charge >= 0.3 is 47.0 Å². The van der Waals surface area contributed by atoms with E-state index in [-0.39, 0.29) is 0 Å². The molecule has 0 unspecified atom stereocenters. The molecule has 0 rings (SSSR count). The average Bonchev–Trinajstić information content (AvgIpc) is 1.67. The van der Waals surface area contributed by atoms with Crippen molar-refractivity contribution in [3.05, 3.63) is 0 Å². The minimum atomic E-state index is -0.642. The second kappa shape index (κ2) is 3.64. The molecule has 0 aromatic rings. The molecule has 4 nitrogen and oxygen atoms in total. The van der Waals surface area contributed by atoms with Crippen molar-refractivity contribution in [1.82, 2.24) is 0 Å². The van der Waals surface area contributed by atoms with Crippen LogP contribution in [0.1, 0.15) is 6.92 Å². The summed E-state index contributed by atoms with van der Waals surface area (Å²) in [4.78, 5) is 10.2. The van der Waals surface area contributed by atoms with Crippen molar-refractivity contribution in [3.63, 3.8) is 0 Å². The number of carbonyl (C=O) groups is 1. The van der Waals surface area contributed by atoms with E-state index >= 15 is 0 Å². The van der Waals surface area contributed by atoms with Gasteiger partial charge in [-0.1, -0.05) is 0 Å². The van der Waals surface area contributed by atoms with Crippen LogP contribution in [0.4, 0.5) is 0 Å². The molecule has 0 spiro atoms. The maximum absolute atomic E-state index is 10.2. The Labute approximate surface area is 48.0 Å². The SMILES string of the molecule is C[C@@H](N)C(=O)N=[P+]=O. The third-order valence-corrected chi connectivity index (χ3v) is 0.808. The van der Waals surface area contributed by atoms with E-state index in [1.54, 1.807) is 0 Å². The number of nitrogens with zero attached hydrogens (tertiary/aromatic N) is 1. The van der Waals surface area contributed by atoms with Crippen LogP contribution in [0.2, 0.25) is 0 Å². The number of nitrogens with two attached hydrogens (primary N) is 1. The monoisotopic (exact) mass is 133 g/mol. The van der Waals surface area contributed by atoms with Crippen LogP contribution >= 0.6 is 8.25 Å². The maximum atomic E-state index is 10.2. The van der Waals surface area contributed by atoms with Gasteiger partial charge in [0.15, 0.2) is 0 Å². The summed E-state index contributed by atoms with van der Waals surface area (Å²) >= 11 is 0. The van der Waals surface area contributed by atoms with Gasteiger partial charge in [0.1, 0.15) is 0 Å². The van der Waals surface area contributed by atoms with Crippen molar-refractivity contribution in [2.45, 2.75) is 13.0 Å². The quantitative estimate of drug-likeness (QED) is 0.524. The van der Waals surface area contributed by atoms with E-state index in [4.69, 9.17) is 5.73 Å². The first-order valence-corrected chi connectivity index (χ1v) is 2.77. The third-order valence-electron chi connectivity index (χ3n) is 0.529. The van der Waals surface area contributed by atoms with E-state index in [2.05, 4.69) is 4.74 Å². The van der Waals surface area contributed by atoms with Crippen LogP contribution < -0.4 is 5.73 Å². The van der Waals surface area contributed by atoms with Gasteiger partial charge in [0.25, 0.3) is 0 Å². The number of amides is 1. The molecule has 0 aromatic carbocycles. The Morgan fingerprint density at radius 2 is 2.38 bits per heavy atom. The summed E-state index contributed by atoms with van der Waals surface area (Å²) in [7, 11) is -0.520. The molecule has 2 N–H and O–H groups in total. The molecule has 1 atom stereocenters. The molecule has 0 aliphatic rings. The molecule has 0 bridgehead atoms. The average molecular weight is 133 g/mol. The van der Waals surface area contributed by atoms with Crippen LogP contribution in [0.5, 0.6) is 0 Å². The van der Waals surface area contributed by atoms with Crippen LogP contribution in [0.25, 0.3) is 0 Å². The molecule has 0 heterocycles. The molecule has 0 fully saturated rings. The van der Waals surface area contributed by atoms with Crippen molar-refractivity contribution in [2.24, 2.45) is 10.5 Å². The topological polar surface area (TPSA) is 72.5 Å². The van der Waals surface area contributed by atoms with E-state index in [1.165, 1.54) is 6.92 Å². The fraction of sp³-hybridized carbons (Fsp3) is 0.667. The molecule has 1 amide bonds. The first kappa shape index (κ1) is 7.66. The van der Waals surface area contributed by atoms with Gasteiger partial charge in [-0.25, -0.2) is 0 Å². The van der Waals surface area contributed by atoms with Crippen LogP contribution in [-0.2, 0) is 9.36 Å². The fourth-order valence-electron chi connectivity index (χ4n) is 0.131. The first-order chi connectivity index (χ1) is 3.68. The summed E-state index contributed by atoms with van der Waals surface area (Å²) in [6, 6.07) is -0.642. The van der Waals surface area contributed by atoms with Crippen molar-refractivity contribution < 1.29 is 9.36 Å². The molecule has 44 valence electrons. The fourth-order valence-corrected chi connectivity index (χ4v) is 0.394. The molecule has 0 saturated carbocycles. The minimum absolute atomic E-state index is 0.520. The van der Waals surface area contributed by atoms with E-state index < -0.39 is 20.2 Å². The normalized spacial score (nSPS) is 12.2. The second-order valence-corrected chi connectivity index (χ2v) is 1.67. The Hall–Kier alpha value is -0.340. The number of hydrogen-bond donors (Lipinski definition) is 1. The van der Waals surface area contributed by atoms with E-state index in [0.717, 1.165) is 0 Å². The third kappa shape index (κ3) is 2.77. The molecule has 5 heteroatoms. The summed E-state index contributed by atoms with van der Waals surface area (Å²) in [6.45, 7) is 1.48. The zero-order valence-electron chi connectivity index (χ0n) is 4.37. The van der Waals surface area contributed by atoms with Gasteiger partial charge < -0.3 is 0 Å². The molecular weight excluding hydrogens is 127 g/mol. The zero-order chi connectivity index (χ0) is 6.57. The summed E-state index contributed by atoms with van der Waals surface area (Å²) < 4.78 is 12.6. The molecule has 8 heavy (non-hydrogen) atoms. The number of hydrogen-bond acceptors (Lipinski definition) is 3. The van der Waals surface area contributed by atoms with Crippen LogP contribution in [0.3, 0.4) is 0 Å². The van der Waals surface area contributed by atoms with Crippen molar-refractivity contribution in [1.29, 1.82) is 0 Å². The zero-order valence-corrected chi connectivity index (χ0v) is 5.26. The van der Waals surface area contributed by atoms with Crippen molar-refractivity contribution in [2.75, 3.05) is 0 Å². The number of carbonyl (C=O) groups excluding carboxylic acids is 1. The second-order valence-electron chi connectivity index (χ2n) is 1.31. The summed E-state index contributed by atoms with van der Waals surface area (Å²) in [6.07, 6.45) is 0. The van der Waals surface area contributed by atoms with Gasteiger partial charge in [-0.05, 0) is 0 Å². The summed E-state index contributed by atoms with van der Waals surface area (Å²) in [5, 5.41) is 0. The Morgan fingerprint density at radius 3 is 2.50 bits per heavy atom. The Bertz CT molecular complexity index is 138. The van der Waals surface area contributed by atoms with Gasteiger partial charge in [0, 0.05) is 0 Å². The van der Waals surface area contributed by atoms with Crippen molar-refractivity contribution in [3.8, 4) is 0 Å². The Balaban J connectivity index is 3.84. The Kier molecular flexibility index (Phi) is 3.48.